The zero-order valence-corrected chi connectivity index (χ0v) is 10.9. The zero-order valence-electron chi connectivity index (χ0n) is 10.9. The number of carbonyl (C=O) groups is 1. The first-order valence-corrected chi connectivity index (χ1v) is 6.55. The van der Waals surface area contributed by atoms with Crippen molar-refractivity contribution in [3.8, 4) is 0 Å². The molecule has 1 aliphatic heterocycles. The van der Waals surface area contributed by atoms with Crippen LogP contribution in [0.25, 0.3) is 0 Å². The van der Waals surface area contributed by atoms with Crippen molar-refractivity contribution in [1.82, 2.24) is 19.9 Å². The summed E-state index contributed by atoms with van der Waals surface area (Å²) in [5.74, 6) is -0.0615. The molecular weight excluding hydrogens is 254 g/mol. The molecule has 0 saturated carbocycles. The van der Waals surface area contributed by atoms with Gasteiger partial charge in [0.05, 0.1) is 11.9 Å². The van der Waals surface area contributed by atoms with Crippen LogP contribution in [-0.4, -0.2) is 44.9 Å². The fourth-order valence-corrected chi connectivity index (χ4v) is 2.32. The van der Waals surface area contributed by atoms with Crippen molar-refractivity contribution in [2.45, 2.75) is 12.5 Å². The lowest BCUT2D eigenvalue weighted by Gasteiger charge is -2.17. The molecule has 20 heavy (non-hydrogen) atoms. The van der Waals surface area contributed by atoms with Crippen molar-refractivity contribution in [2.75, 3.05) is 18.4 Å². The molecule has 1 aliphatic rings. The Morgan fingerprint density at radius 2 is 2.15 bits per heavy atom. The Bertz CT molecular complexity index is 575. The van der Waals surface area contributed by atoms with Crippen LogP contribution in [0.4, 0.5) is 5.69 Å². The van der Waals surface area contributed by atoms with Crippen LogP contribution in [0.3, 0.4) is 0 Å². The van der Waals surface area contributed by atoms with Gasteiger partial charge in [-0.2, -0.15) is 0 Å². The molecule has 2 aromatic rings. The molecule has 3 heterocycles. The number of hydrogen-bond donors (Lipinski definition) is 1. The fraction of sp³-hybridized carbons (Fsp3) is 0.286. The average Bonchev–Trinajstić information content (AvgIpc) is 2.97. The maximum Gasteiger partial charge on any atom is 0.274 e. The van der Waals surface area contributed by atoms with Crippen molar-refractivity contribution in [3.63, 3.8) is 0 Å². The summed E-state index contributed by atoms with van der Waals surface area (Å²) in [7, 11) is 0. The van der Waals surface area contributed by atoms with Crippen LogP contribution < -0.4 is 5.32 Å². The molecule has 0 radical (unpaired) electrons. The predicted molar refractivity (Wildman–Crippen MR) is 74.2 cm³/mol. The minimum Gasteiger partial charge on any atom is -0.379 e. The lowest BCUT2D eigenvalue weighted by atomic mass is 10.2. The molecule has 0 spiro atoms. The molecule has 3 rings (SSSR count). The summed E-state index contributed by atoms with van der Waals surface area (Å²) in [6.45, 7) is 1.40. The normalized spacial score (nSPS) is 18.0. The first-order valence-electron chi connectivity index (χ1n) is 6.55. The van der Waals surface area contributed by atoms with Crippen LogP contribution in [0.2, 0.25) is 0 Å². The summed E-state index contributed by atoms with van der Waals surface area (Å²) in [6, 6.07) is 4.11. The van der Waals surface area contributed by atoms with Gasteiger partial charge in [0.25, 0.3) is 5.91 Å². The van der Waals surface area contributed by atoms with Gasteiger partial charge in [-0.3, -0.25) is 14.8 Å². The van der Waals surface area contributed by atoms with Crippen molar-refractivity contribution in [1.29, 1.82) is 0 Å². The van der Waals surface area contributed by atoms with Gasteiger partial charge in [0.2, 0.25) is 0 Å². The summed E-state index contributed by atoms with van der Waals surface area (Å²) < 4.78 is 0. The maximum atomic E-state index is 12.2. The minimum atomic E-state index is -0.0615. The Hall–Kier alpha value is -2.50. The number of carbonyl (C=O) groups excluding carboxylic acids is 1. The van der Waals surface area contributed by atoms with Crippen LogP contribution in [0.1, 0.15) is 16.9 Å². The van der Waals surface area contributed by atoms with Crippen molar-refractivity contribution >= 4 is 11.6 Å². The number of rotatable bonds is 3. The van der Waals surface area contributed by atoms with E-state index in [9.17, 15) is 4.79 Å². The molecule has 2 aromatic heterocycles. The van der Waals surface area contributed by atoms with Crippen LogP contribution >= 0.6 is 0 Å². The van der Waals surface area contributed by atoms with Gasteiger partial charge in [-0.15, -0.1) is 0 Å². The Kier molecular flexibility index (Phi) is 3.54. The van der Waals surface area contributed by atoms with Gasteiger partial charge in [-0.1, -0.05) is 0 Å². The second-order valence-electron chi connectivity index (χ2n) is 4.71. The zero-order chi connectivity index (χ0) is 13.8. The molecule has 6 nitrogen and oxygen atoms in total. The third-order valence-electron chi connectivity index (χ3n) is 3.29. The fourth-order valence-electron chi connectivity index (χ4n) is 2.32. The van der Waals surface area contributed by atoms with E-state index in [-0.39, 0.29) is 11.9 Å². The van der Waals surface area contributed by atoms with E-state index in [1.54, 1.807) is 23.5 Å². The topological polar surface area (TPSA) is 71.0 Å². The van der Waals surface area contributed by atoms with E-state index >= 15 is 0 Å². The lowest BCUT2D eigenvalue weighted by Crippen LogP contribution is -2.32. The van der Waals surface area contributed by atoms with Gasteiger partial charge in [-0.05, 0) is 18.6 Å². The van der Waals surface area contributed by atoms with Crippen LogP contribution in [0.15, 0.2) is 43.1 Å². The molecule has 1 saturated heterocycles. The molecule has 6 heteroatoms. The minimum absolute atomic E-state index is 0.0615. The monoisotopic (exact) mass is 269 g/mol. The highest BCUT2D eigenvalue weighted by atomic mass is 16.2. The number of likely N-dealkylation sites (tertiary alicyclic amines) is 1. The Labute approximate surface area is 116 Å². The van der Waals surface area contributed by atoms with Gasteiger partial charge >= 0.3 is 0 Å². The van der Waals surface area contributed by atoms with E-state index in [4.69, 9.17) is 0 Å². The quantitative estimate of drug-likeness (QED) is 0.906. The smallest absolute Gasteiger partial charge is 0.274 e. The summed E-state index contributed by atoms with van der Waals surface area (Å²) >= 11 is 0. The van der Waals surface area contributed by atoms with Crippen LogP contribution in [0.5, 0.6) is 0 Å². The highest BCUT2D eigenvalue weighted by Crippen LogP contribution is 2.16. The standard InChI is InChI=1S/C14H15N5O/c20-14(13-9-16-5-6-17-13)19-7-3-12(10-19)18-11-2-1-4-15-8-11/h1-2,4-6,8-9,12,18H,3,7,10H2/t12-/m0/s1. The molecule has 0 unspecified atom stereocenters. The van der Waals surface area contributed by atoms with Gasteiger partial charge in [0, 0.05) is 43.9 Å². The second-order valence-corrected chi connectivity index (χ2v) is 4.71. The van der Waals surface area contributed by atoms with E-state index in [1.165, 1.54) is 12.4 Å². The molecule has 102 valence electrons. The maximum absolute atomic E-state index is 12.2. The molecule has 1 atom stereocenters. The number of nitrogens with zero attached hydrogens (tertiary/aromatic N) is 4. The first-order chi connectivity index (χ1) is 9.83. The summed E-state index contributed by atoms with van der Waals surface area (Å²) in [5.41, 5.74) is 1.38. The number of aromatic nitrogens is 3. The largest absolute Gasteiger partial charge is 0.379 e. The second kappa shape index (κ2) is 5.64. The van der Waals surface area contributed by atoms with E-state index in [0.717, 1.165) is 18.7 Å². The van der Waals surface area contributed by atoms with Gasteiger partial charge in [0.1, 0.15) is 5.69 Å². The Morgan fingerprint density at radius 1 is 1.25 bits per heavy atom. The summed E-state index contributed by atoms with van der Waals surface area (Å²) in [4.78, 5) is 26.1. The van der Waals surface area contributed by atoms with Crippen LogP contribution in [0, 0.1) is 0 Å². The van der Waals surface area contributed by atoms with Gasteiger partial charge < -0.3 is 10.2 Å². The van der Waals surface area contributed by atoms with Gasteiger partial charge in [0.15, 0.2) is 0 Å². The number of amides is 1. The number of nitrogens with one attached hydrogen (secondary N) is 1. The third kappa shape index (κ3) is 2.74. The molecule has 0 bridgehead atoms. The van der Waals surface area contributed by atoms with Crippen molar-refractivity contribution in [2.24, 2.45) is 0 Å². The van der Waals surface area contributed by atoms with Gasteiger partial charge in [-0.25, -0.2) is 4.98 Å². The van der Waals surface area contributed by atoms with Crippen molar-refractivity contribution < 1.29 is 4.79 Å². The Balaban J connectivity index is 1.61. The van der Waals surface area contributed by atoms with Crippen molar-refractivity contribution in [3.05, 3.63) is 48.8 Å². The first kappa shape index (κ1) is 12.5. The molecular formula is C14H15N5O. The predicted octanol–water partition coefficient (Wildman–Crippen LogP) is 1.20. The summed E-state index contributed by atoms with van der Waals surface area (Å²) in [5, 5.41) is 3.38. The molecule has 0 aromatic carbocycles. The average molecular weight is 269 g/mol. The third-order valence-corrected chi connectivity index (χ3v) is 3.29. The number of pyridine rings is 1. The lowest BCUT2D eigenvalue weighted by molar-refractivity contribution is 0.0785. The Morgan fingerprint density at radius 3 is 2.90 bits per heavy atom. The molecule has 1 fully saturated rings. The van der Waals surface area contributed by atoms with E-state index in [0.29, 0.717) is 12.2 Å². The van der Waals surface area contributed by atoms with Crippen LogP contribution in [-0.2, 0) is 0 Å². The number of hydrogen-bond acceptors (Lipinski definition) is 5. The summed E-state index contributed by atoms with van der Waals surface area (Å²) in [6.07, 6.45) is 9.05. The number of anilines is 1. The van der Waals surface area contributed by atoms with E-state index in [1.807, 2.05) is 12.1 Å². The molecule has 1 N–H and O–H groups in total. The van der Waals surface area contributed by atoms with E-state index in [2.05, 4.69) is 20.3 Å². The van der Waals surface area contributed by atoms with E-state index < -0.39 is 0 Å². The SMILES string of the molecule is O=C(c1cnccn1)N1CC[C@H](Nc2cccnc2)C1. The molecule has 1 amide bonds. The highest BCUT2D eigenvalue weighted by Gasteiger charge is 2.27. The molecule has 0 aliphatic carbocycles. The highest BCUT2D eigenvalue weighted by molar-refractivity contribution is 5.92.